The number of aliphatic hydroxyl groups excluding tert-OH is 1. The molecule has 2 rings (SSSR count). The van der Waals surface area contributed by atoms with Crippen molar-refractivity contribution in [3.8, 4) is 0 Å². The minimum Gasteiger partial charge on any atom is -0.396 e. The van der Waals surface area contributed by atoms with Crippen molar-refractivity contribution in [1.82, 2.24) is 0 Å². The molecule has 5 nitrogen and oxygen atoms in total. The zero-order valence-corrected chi connectivity index (χ0v) is 14.2. The Morgan fingerprint density at radius 3 is 2.48 bits per heavy atom. The first-order chi connectivity index (χ1) is 11.1. The molecule has 1 aromatic carbocycles. The van der Waals surface area contributed by atoms with Crippen LogP contribution in [-0.4, -0.2) is 43.2 Å². The summed E-state index contributed by atoms with van der Waals surface area (Å²) in [5.41, 5.74) is 1.95. The molecule has 5 heteroatoms. The lowest BCUT2D eigenvalue weighted by Gasteiger charge is -2.28. The van der Waals surface area contributed by atoms with E-state index < -0.39 is 0 Å². The number of benzene rings is 1. The van der Waals surface area contributed by atoms with Crippen LogP contribution in [0.15, 0.2) is 24.3 Å². The molecule has 1 aromatic rings. The highest BCUT2D eigenvalue weighted by atomic mass is 16.7. The number of carbonyl (C=O) groups is 1. The molecule has 0 radical (unpaired) electrons. The third-order valence-corrected chi connectivity index (χ3v) is 4.33. The Bertz CT molecular complexity index is 513. The zero-order chi connectivity index (χ0) is 16.8. The van der Waals surface area contributed by atoms with Crippen LogP contribution < -0.4 is 4.90 Å². The second-order valence-corrected chi connectivity index (χ2v) is 5.72. The van der Waals surface area contributed by atoms with Crippen molar-refractivity contribution in [3.05, 3.63) is 29.8 Å². The Morgan fingerprint density at radius 2 is 1.91 bits per heavy atom. The largest absolute Gasteiger partial charge is 0.396 e. The average molecular weight is 321 g/mol. The van der Waals surface area contributed by atoms with Crippen LogP contribution in [0.25, 0.3) is 0 Å². The van der Waals surface area contributed by atoms with Crippen LogP contribution in [0, 0.1) is 0 Å². The number of hydrogen-bond acceptors (Lipinski definition) is 4. The molecule has 1 aliphatic rings. The van der Waals surface area contributed by atoms with E-state index in [1.807, 2.05) is 43.0 Å². The number of carbonyl (C=O) groups excluding carboxylic acids is 1. The molecule has 1 N–H and O–H groups in total. The van der Waals surface area contributed by atoms with E-state index in [0.717, 1.165) is 17.7 Å². The van der Waals surface area contributed by atoms with E-state index in [4.69, 9.17) is 9.47 Å². The molecule has 1 amide bonds. The number of ether oxygens (including phenoxy) is 2. The van der Waals surface area contributed by atoms with Crippen molar-refractivity contribution in [1.29, 1.82) is 0 Å². The first-order valence-corrected chi connectivity index (χ1v) is 8.36. The van der Waals surface area contributed by atoms with Gasteiger partial charge in [-0.2, -0.15) is 0 Å². The predicted molar refractivity (Wildman–Crippen MR) is 89.5 cm³/mol. The van der Waals surface area contributed by atoms with Gasteiger partial charge in [0.15, 0.2) is 6.29 Å². The van der Waals surface area contributed by atoms with E-state index in [9.17, 15) is 9.90 Å². The van der Waals surface area contributed by atoms with E-state index in [-0.39, 0.29) is 30.8 Å². The lowest BCUT2D eigenvalue weighted by molar-refractivity contribution is -0.141. The molecule has 0 fully saturated rings. The first kappa shape index (κ1) is 17.9. The van der Waals surface area contributed by atoms with Crippen molar-refractivity contribution in [3.63, 3.8) is 0 Å². The number of amides is 1. The number of para-hydroxylation sites is 1. The Kier molecular flexibility index (Phi) is 6.57. The maximum atomic E-state index is 12.2. The number of hydrogen-bond donors (Lipinski definition) is 1. The van der Waals surface area contributed by atoms with Gasteiger partial charge in [0.05, 0.1) is 6.61 Å². The molecule has 0 saturated heterocycles. The summed E-state index contributed by atoms with van der Waals surface area (Å²) in [4.78, 5) is 14.0. The summed E-state index contributed by atoms with van der Waals surface area (Å²) in [5.74, 6) is -0.0539. The number of aliphatic hydroxyl groups is 1. The monoisotopic (exact) mass is 321 g/mol. The highest BCUT2D eigenvalue weighted by Gasteiger charge is 2.39. The van der Waals surface area contributed by atoms with Crippen LogP contribution in [0.5, 0.6) is 0 Å². The summed E-state index contributed by atoms with van der Waals surface area (Å²) in [7, 11) is 0. The molecular formula is C18H27NO4. The van der Waals surface area contributed by atoms with Gasteiger partial charge in [-0.25, -0.2) is 0 Å². The van der Waals surface area contributed by atoms with Gasteiger partial charge in [0.1, 0.15) is 0 Å². The summed E-state index contributed by atoms with van der Waals surface area (Å²) in [6, 6.07) is 7.76. The third kappa shape index (κ3) is 3.91. The molecular weight excluding hydrogens is 294 g/mol. The normalized spacial score (nSPS) is 20.1. The molecule has 0 bridgehead atoms. The smallest absolute Gasteiger partial charge is 0.224 e. The van der Waals surface area contributed by atoms with Crippen molar-refractivity contribution in [2.24, 2.45) is 0 Å². The molecule has 23 heavy (non-hydrogen) atoms. The number of anilines is 1. The van der Waals surface area contributed by atoms with Gasteiger partial charge in [0, 0.05) is 44.2 Å². The van der Waals surface area contributed by atoms with Crippen LogP contribution in [0.2, 0.25) is 0 Å². The minimum atomic E-state index is -0.262. The Hall–Kier alpha value is -1.43. The summed E-state index contributed by atoms with van der Waals surface area (Å²) in [5, 5.41) is 9.85. The molecule has 0 unspecified atom stereocenters. The number of rotatable bonds is 8. The van der Waals surface area contributed by atoms with Crippen molar-refractivity contribution in [2.45, 2.75) is 51.9 Å². The standard InChI is InChI=1S/C18H27NO4/c1-4-22-18(23-5-2)11-10-17-15(12-20)14-8-6-7-9-16(14)19(17)13(3)21/h6-9,15,17-18,20H,4-5,10-12H2,1-3H3/t15-,17+/m1/s1. The summed E-state index contributed by atoms with van der Waals surface area (Å²) in [6.07, 6.45) is 1.16. The SMILES string of the molecule is CCOC(CC[C@H]1[C@H](CO)c2ccccc2N1C(C)=O)OCC. The first-order valence-electron chi connectivity index (χ1n) is 8.36. The minimum absolute atomic E-state index is 0.00256. The quantitative estimate of drug-likeness (QED) is 0.748. The molecule has 0 spiro atoms. The maximum Gasteiger partial charge on any atom is 0.224 e. The van der Waals surface area contributed by atoms with Crippen LogP contribution in [0.3, 0.4) is 0 Å². The number of fused-ring (bicyclic) bond motifs is 1. The van der Waals surface area contributed by atoms with Gasteiger partial charge in [-0.05, 0) is 31.9 Å². The molecule has 0 saturated carbocycles. The van der Waals surface area contributed by atoms with Gasteiger partial charge in [0.25, 0.3) is 0 Å². The topological polar surface area (TPSA) is 59.0 Å². The van der Waals surface area contributed by atoms with Crippen LogP contribution >= 0.6 is 0 Å². The second kappa shape index (κ2) is 8.43. The second-order valence-electron chi connectivity index (χ2n) is 5.72. The summed E-state index contributed by atoms with van der Waals surface area (Å²) >= 11 is 0. The molecule has 1 heterocycles. The molecule has 128 valence electrons. The van der Waals surface area contributed by atoms with Gasteiger partial charge in [-0.3, -0.25) is 4.79 Å². The predicted octanol–water partition coefficient (Wildman–Crippen LogP) is 2.68. The Labute approximate surface area is 138 Å². The fourth-order valence-electron chi connectivity index (χ4n) is 3.43. The highest BCUT2D eigenvalue weighted by Crippen LogP contribution is 2.42. The highest BCUT2D eigenvalue weighted by molar-refractivity contribution is 5.95. The van der Waals surface area contributed by atoms with Crippen LogP contribution in [0.4, 0.5) is 5.69 Å². The lowest BCUT2D eigenvalue weighted by Crippen LogP contribution is -2.39. The van der Waals surface area contributed by atoms with Gasteiger partial charge < -0.3 is 19.5 Å². The molecule has 0 aromatic heterocycles. The van der Waals surface area contributed by atoms with Crippen LogP contribution in [-0.2, 0) is 14.3 Å². The van der Waals surface area contributed by atoms with Crippen LogP contribution in [0.1, 0.15) is 45.1 Å². The maximum absolute atomic E-state index is 12.2. The van der Waals surface area contributed by atoms with Gasteiger partial charge >= 0.3 is 0 Å². The van der Waals surface area contributed by atoms with Gasteiger partial charge in [-0.15, -0.1) is 0 Å². The van der Waals surface area contributed by atoms with E-state index in [2.05, 4.69) is 0 Å². The summed E-state index contributed by atoms with van der Waals surface area (Å²) < 4.78 is 11.2. The van der Waals surface area contributed by atoms with Crippen molar-refractivity contribution < 1.29 is 19.4 Å². The number of nitrogens with zero attached hydrogens (tertiary/aromatic N) is 1. The fraction of sp³-hybridized carbons (Fsp3) is 0.611. The molecule has 2 atom stereocenters. The van der Waals surface area contributed by atoms with Gasteiger partial charge in [-0.1, -0.05) is 18.2 Å². The van der Waals surface area contributed by atoms with E-state index in [1.54, 1.807) is 6.92 Å². The Morgan fingerprint density at radius 1 is 1.26 bits per heavy atom. The fourth-order valence-corrected chi connectivity index (χ4v) is 3.43. The Balaban J connectivity index is 2.17. The van der Waals surface area contributed by atoms with Crippen molar-refractivity contribution in [2.75, 3.05) is 24.7 Å². The lowest BCUT2D eigenvalue weighted by atomic mass is 9.93. The third-order valence-electron chi connectivity index (χ3n) is 4.33. The molecule has 1 aliphatic heterocycles. The van der Waals surface area contributed by atoms with Gasteiger partial charge in [0.2, 0.25) is 5.91 Å². The van der Waals surface area contributed by atoms with E-state index in [1.165, 1.54) is 0 Å². The molecule has 0 aliphatic carbocycles. The van der Waals surface area contributed by atoms with Crippen molar-refractivity contribution >= 4 is 11.6 Å². The summed E-state index contributed by atoms with van der Waals surface area (Å²) in [6.45, 7) is 6.67. The van der Waals surface area contributed by atoms with E-state index in [0.29, 0.717) is 19.6 Å². The average Bonchev–Trinajstić information content (AvgIpc) is 2.86. The van der Waals surface area contributed by atoms with E-state index >= 15 is 0 Å². The zero-order valence-electron chi connectivity index (χ0n) is 14.2.